The highest BCUT2D eigenvalue weighted by atomic mass is 15.5. The highest BCUT2D eigenvalue weighted by molar-refractivity contribution is 5.78. The first kappa shape index (κ1) is 12.9. The Hall–Kier alpha value is -2.14. The fraction of sp³-hybridized carbons (Fsp3) is 0.333. The lowest BCUT2D eigenvalue weighted by Gasteiger charge is -2.30. The normalized spacial score (nSPS) is 16.9. The van der Waals surface area contributed by atoms with Gasteiger partial charge < -0.3 is 4.90 Å². The van der Waals surface area contributed by atoms with Crippen LogP contribution in [0.2, 0.25) is 0 Å². The largest absolute Gasteiger partial charge is 0.303 e. The number of hydrogen-bond acceptors (Lipinski definition) is 4. The van der Waals surface area contributed by atoms with E-state index in [2.05, 4.69) is 27.2 Å². The highest BCUT2D eigenvalue weighted by Gasteiger charge is 2.10. The van der Waals surface area contributed by atoms with Gasteiger partial charge in [-0.05, 0) is 19.2 Å². The summed E-state index contributed by atoms with van der Waals surface area (Å²) in [5.74, 6) is 0. The third-order valence-electron chi connectivity index (χ3n) is 3.47. The van der Waals surface area contributed by atoms with Crippen molar-refractivity contribution < 1.29 is 0 Å². The number of likely N-dealkylation sites (N-methyl/N-ethyl adjacent to an activating group) is 1. The minimum atomic E-state index is 0.986. The molecule has 1 aliphatic rings. The second-order valence-corrected chi connectivity index (χ2v) is 5.06. The Labute approximate surface area is 119 Å². The van der Waals surface area contributed by atoms with E-state index in [9.17, 15) is 0 Å². The number of piperazine rings is 1. The van der Waals surface area contributed by atoms with E-state index in [1.807, 2.05) is 53.6 Å². The molecule has 104 valence electrons. The summed E-state index contributed by atoms with van der Waals surface area (Å²) in [6.45, 7) is 4.11. The van der Waals surface area contributed by atoms with Gasteiger partial charge in [-0.1, -0.05) is 18.2 Å². The smallest absolute Gasteiger partial charge is 0.0645 e. The zero-order valence-corrected chi connectivity index (χ0v) is 11.7. The van der Waals surface area contributed by atoms with Crippen molar-refractivity contribution in [3.05, 3.63) is 48.3 Å². The van der Waals surface area contributed by atoms with Crippen molar-refractivity contribution in [2.45, 2.75) is 0 Å². The Balaban J connectivity index is 1.65. The van der Waals surface area contributed by atoms with E-state index >= 15 is 0 Å². The van der Waals surface area contributed by atoms with Crippen molar-refractivity contribution in [2.75, 3.05) is 33.2 Å². The number of para-hydroxylation sites is 1. The first-order valence-corrected chi connectivity index (χ1v) is 6.89. The lowest BCUT2D eigenvalue weighted by atomic mass is 10.3. The van der Waals surface area contributed by atoms with Crippen LogP contribution in [0.4, 0.5) is 0 Å². The van der Waals surface area contributed by atoms with Gasteiger partial charge in [-0.25, -0.2) is 4.68 Å². The lowest BCUT2D eigenvalue weighted by Crippen LogP contribution is -2.41. The topological polar surface area (TPSA) is 36.7 Å². The van der Waals surface area contributed by atoms with E-state index in [-0.39, 0.29) is 0 Å². The fourth-order valence-electron chi connectivity index (χ4n) is 2.19. The van der Waals surface area contributed by atoms with Crippen molar-refractivity contribution in [3.8, 4) is 5.69 Å². The van der Waals surface area contributed by atoms with E-state index in [1.165, 1.54) is 0 Å². The van der Waals surface area contributed by atoms with Crippen molar-refractivity contribution in [1.29, 1.82) is 0 Å². The second kappa shape index (κ2) is 5.88. The van der Waals surface area contributed by atoms with Gasteiger partial charge in [-0.15, -0.1) is 0 Å². The minimum absolute atomic E-state index is 0.986. The molecule has 0 atom stereocenters. The molecular weight excluding hydrogens is 250 g/mol. The molecule has 0 spiro atoms. The molecule has 0 N–H and O–H groups in total. The molecule has 5 heteroatoms. The van der Waals surface area contributed by atoms with Gasteiger partial charge in [0.1, 0.15) is 0 Å². The highest BCUT2D eigenvalue weighted by Crippen LogP contribution is 2.07. The van der Waals surface area contributed by atoms with Gasteiger partial charge >= 0.3 is 0 Å². The van der Waals surface area contributed by atoms with Gasteiger partial charge in [0, 0.05) is 37.9 Å². The lowest BCUT2D eigenvalue weighted by molar-refractivity contribution is 0.159. The molecule has 0 radical (unpaired) electrons. The molecule has 3 rings (SSSR count). The molecule has 1 aromatic carbocycles. The Kier molecular flexibility index (Phi) is 3.78. The quantitative estimate of drug-likeness (QED) is 0.791. The molecule has 2 aromatic rings. The summed E-state index contributed by atoms with van der Waals surface area (Å²) in [6.07, 6.45) is 5.72. The number of rotatable bonds is 3. The number of nitrogens with zero attached hydrogens (tertiary/aromatic N) is 5. The van der Waals surface area contributed by atoms with Crippen LogP contribution in [0.25, 0.3) is 5.69 Å². The van der Waals surface area contributed by atoms with E-state index in [1.54, 1.807) is 0 Å². The van der Waals surface area contributed by atoms with Crippen LogP contribution in [0, 0.1) is 0 Å². The number of aromatic nitrogens is 2. The Morgan fingerprint density at radius 2 is 1.85 bits per heavy atom. The third-order valence-corrected chi connectivity index (χ3v) is 3.47. The Morgan fingerprint density at radius 1 is 1.10 bits per heavy atom. The fourth-order valence-corrected chi connectivity index (χ4v) is 2.19. The maximum absolute atomic E-state index is 4.52. The molecule has 20 heavy (non-hydrogen) atoms. The van der Waals surface area contributed by atoms with E-state index in [4.69, 9.17) is 0 Å². The standard InChI is InChI=1S/C15H19N5/c1-18-7-9-19(10-8-18)16-11-14-12-17-20(13-14)15-5-3-2-4-6-15/h2-6,11-13H,7-10H2,1H3/b16-11-. The van der Waals surface area contributed by atoms with Crippen LogP contribution in [0.15, 0.2) is 47.8 Å². The summed E-state index contributed by atoms with van der Waals surface area (Å²) < 4.78 is 1.87. The predicted octanol–water partition coefficient (Wildman–Crippen LogP) is 1.45. The Morgan fingerprint density at radius 3 is 2.60 bits per heavy atom. The molecule has 0 amide bonds. The Bertz CT molecular complexity index is 567. The van der Waals surface area contributed by atoms with Crippen molar-refractivity contribution >= 4 is 6.21 Å². The van der Waals surface area contributed by atoms with Crippen LogP contribution in [-0.4, -0.2) is 59.1 Å². The van der Waals surface area contributed by atoms with Crippen LogP contribution in [-0.2, 0) is 0 Å². The van der Waals surface area contributed by atoms with Crippen LogP contribution < -0.4 is 0 Å². The minimum Gasteiger partial charge on any atom is -0.303 e. The molecule has 0 bridgehead atoms. The van der Waals surface area contributed by atoms with Crippen molar-refractivity contribution in [1.82, 2.24) is 19.7 Å². The van der Waals surface area contributed by atoms with Crippen LogP contribution in [0.3, 0.4) is 0 Å². The predicted molar refractivity (Wildman–Crippen MR) is 80.2 cm³/mol. The summed E-state index contributed by atoms with van der Waals surface area (Å²) >= 11 is 0. The second-order valence-electron chi connectivity index (χ2n) is 5.06. The molecule has 1 fully saturated rings. The van der Waals surface area contributed by atoms with E-state index in [0.29, 0.717) is 0 Å². The van der Waals surface area contributed by atoms with E-state index in [0.717, 1.165) is 37.4 Å². The van der Waals surface area contributed by atoms with Gasteiger partial charge in [-0.2, -0.15) is 10.2 Å². The monoisotopic (exact) mass is 269 g/mol. The summed E-state index contributed by atoms with van der Waals surface area (Å²) in [5, 5.41) is 11.0. The van der Waals surface area contributed by atoms with Crippen LogP contribution >= 0.6 is 0 Å². The molecule has 1 aliphatic heterocycles. The summed E-state index contributed by atoms with van der Waals surface area (Å²) in [5.41, 5.74) is 2.08. The molecule has 0 saturated carbocycles. The molecule has 1 saturated heterocycles. The van der Waals surface area contributed by atoms with E-state index < -0.39 is 0 Å². The average molecular weight is 269 g/mol. The number of hydrazone groups is 1. The van der Waals surface area contributed by atoms with Gasteiger partial charge in [0.15, 0.2) is 0 Å². The van der Waals surface area contributed by atoms with Crippen molar-refractivity contribution in [2.24, 2.45) is 5.10 Å². The average Bonchev–Trinajstić information content (AvgIpc) is 2.97. The molecule has 0 unspecified atom stereocenters. The number of benzene rings is 1. The molecule has 5 nitrogen and oxygen atoms in total. The van der Waals surface area contributed by atoms with Crippen molar-refractivity contribution in [3.63, 3.8) is 0 Å². The van der Waals surface area contributed by atoms with Crippen LogP contribution in [0.5, 0.6) is 0 Å². The zero-order chi connectivity index (χ0) is 13.8. The summed E-state index contributed by atoms with van der Waals surface area (Å²) in [4.78, 5) is 2.32. The van der Waals surface area contributed by atoms with Gasteiger partial charge in [0.05, 0.1) is 18.1 Å². The third kappa shape index (κ3) is 3.05. The maximum atomic E-state index is 4.52. The zero-order valence-electron chi connectivity index (χ0n) is 11.7. The molecular formula is C15H19N5. The summed E-state index contributed by atoms with van der Waals surface area (Å²) in [7, 11) is 2.14. The molecule has 2 heterocycles. The first-order valence-electron chi connectivity index (χ1n) is 6.89. The van der Waals surface area contributed by atoms with Crippen LogP contribution in [0.1, 0.15) is 5.56 Å². The maximum Gasteiger partial charge on any atom is 0.0645 e. The SMILES string of the molecule is CN1CCN(/N=C\c2cnn(-c3ccccc3)c2)CC1. The van der Waals surface area contributed by atoms with Gasteiger partial charge in [0.25, 0.3) is 0 Å². The molecule has 1 aromatic heterocycles. The molecule has 0 aliphatic carbocycles. The summed E-state index contributed by atoms with van der Waals surface area (Å²) in [6, 6.07) is 10.1. The first-order chi connectivity index (χ1) is 9.81. The van der Waals surface area contributed by atoms with Gasteiger partial charge in [-0.3, -0.25) is 5.01 Å². The number of hydrogen-bond donors (Lipinski definition) is 0. The van der Waals surface area contributed by atoms with Gasteiger partial charge in [0.2, 0.25) is 0 Å².